The minimum absolute atomic E-state index is 0. The maximum Gasteiger partial charge on any atom is 0.146 e. The van der Waals surface area contributed by atoms with Gasteiger partial charge in [-0.05, 0) is 13.8 Å². The van der Waals surface area contributed by atoms with Gasteiger partial charge < -0.3 is 5.73 Å². The lowest BCUT2D eigenvalue weighted by molar-refractivity contribution is -0.117. The van der Waals surface area contributed by atoms with Crippen LogP contribution in [0.3, 0.4) is 0 Å². The molecule has 11 heavy (non-hydrogen) atoms. The fourth-order valence-corrected chi connectivity index (χ4v) is 0. The van der Waals surface area contributed by atoms with Crippen LogP contribution in [0.2, 0.25) is 0 Å². The zero-order valence-electron chi connectivity index (χ0n) is 8.77. The summed E-state index contributed by atoms with van der Waals surface area (Å²) in [6, 6.07) is -0.287. The molecule has 0 unspecified atom stereocenters. The van der Waals surface area contributed by atoms with E-state index in [1.165, 1.54) is 13.3 Å². The first-order chi connectivity index (χ1) is 5.06. The van der Waals surface area contributed by atoms with Crippen LogP contribution in [0.4, 0.5) is 0 Å². The molecule has 1 atom stereocenters. The summed E-state index contributed by atoms with van der Waals surface area (Å²) in [7, 11) is 0. The van der Waals surface area contributed by atoms with Crippen molar-refractivity contribution < 1.29 is 6.22 Å². The van der Waals surface area contributed by atoms with Crippen molar-refractivity contribution in [2.24, 2.45) is 5.73 Å². The van der Waals surface area contributed by atoms with Crippen LogP contribution in [0, 0.1) is 0 Å². The predicted octanol–water partition coefficient (Wildman–Crippen LogP) is 2.61. The van der Waals surface area contributed by atoms with Gasteiger partial charge in [0.05, 0.1) is 6.04 Å². The summed E-state index contributed by atoms with van der Waals surface area (Å²) in [5.41, 5.74) is 5.09. The molecule has 0 amide bonds. The smallest absolute Gasteiger partial charge is 0.146 e. The Balaban J connectivity index is -0.0000000462. The van der Waals surface area contributed by atoms with Crippen LogP contribution in [0.15, 0.2) is 0 Å². The van der Waals surface area contributed by atoms with Gasteiger partial charge >= 0.3 is 0 Å². The molecule has 0 aromatic rings. The SMILES string of the molecule is CC.CC(=O)[C@H](C)N.CCC.[HH]. The van der Waals surface area contributed by atoms with Gasteiger partial charge in [0.2, 0.25) is 0 Å². The van der Waals surface area contributed by atoms with Gasteiger partial charge in [0.15, 0.2) is 0 Å². The van der Waals surface area contributed by atoms with E-state index in [0.717, 1.165) is 0 Å². The molecule has 0 spiro atoms. The average Bonchev–Trinajstić information content (AvgIpc) is 1.93. The van der Waals surface area contributed by atoms with Crippen molar-refractivity contribution in [2.75, 3.05) is 0 Å². The monoisotopic (exact) mass is 163 g/mol. The molecule has 2 nitrogen and oxygen atoms in total. The zero-order chi connectivity index (χ0) is 9.86. The summed E-state index contributed by atoms with van der Waals surface area (Å²) in [6.45, 7) is 11.4. The first-order valence-corrected chi connectivity index (χ1v) is 4.32. The molecule has 0 fully saturated rings. The fraction of sp³-hybridized carbons (Fsp3) is 0.889. The maximum atomic E-state index is 10.0. The van der Waals surface area contributed by atoms with Crippen LogP contribution >= 0.6 is 0 Å². The molecular weight excluding hydrogens is 138 g/mol. The number of carbonyl (C=O) groups is 1. The second-order valence-electron chi connectivity index (χ2n) is 2.11. The normalized spacial score (nSPS) is 9.73. The molecular formula is C9H25NO. The number of rotatable bonds is 1. The molecule has 0 bridgehead atoms. The van der Waals surface area contributed by atoms with Crippen molar-refractivity contribution in [3.05, 3.63) is 0 Å². The Bertz CT molecular complexity index is 74.9. The molecule has 0 heterocycles. The van der Waals surface area contributed by atoms with Gasteiger partial charge in [-0.15, -0.1) is 0 Å². The summed E-state index contributed by atoms with van der Waals surface area (Å²) in [5, 5.41) is 0. The van der Waals surface area contributed by atoms with E-state index >= 15 is 0 Å². The minimum atomic E-state index is -0.287. The van der Waals surface area contributed by atoms with Crippen molar-refractivity contribution in [3.8, 4) is 0 Å². The summed E-state index contributed by atoms with van der Waals surface area (Å²) in [6.07, 6.45) is 1.25. The molecule has 0 saturated carbocycles. The molecule has 0 rings (SSSR count). The van der Waals surface area contributed by atoms with E-state index < -0.39 is 0 Å². The van der Waals surface area contributed by atoms with E-state index in [9.17, 15) is 4.79 Å². The van der Waals surface area contributed by atoms with Gasteiger partial charge in [-0.25, -0.2) is 0 Å². The Labute approximate surface area is 72.7 Å². The van der Waals surface area contributed by atoms with Crippen molar-refractivity contribution in [2.45, 2.75) is 54.0 Å². The van der Waals surface area contributed by atoms with Crippen molar-refractivity contribution in [3.63, 3.8) is 0 Å². The number of nitrogens with two attached hydrogens (primary N) is 1. The number of ketones is 1. The van der Waals surface area contributed by atoms with Crippen LogP contribution in [-0.2, 0) is 4.79 Å². The standard InChI is InChI=1S/C4H9NO.C3H8.C2H6.H2/c1-3(5)4(2)6;1-3-2;1-2;/h3H,5H2,1-2H3;3H2,1-2H3;1-2H3;1H/t3-;;;/m0.../s1. The highest BCUT2D eigenvalue weighted by Gasteiger charge is 1.95. The number of carbonyl (C=O) groups excluding carboxylic acids is 1. The lowest BCUT2D eigenvalue weighted by atomic mass is 10.3. The zero-order valence-corrected chi connectivity index (χ0v) is 8.77. The third-order valence-electron chi connectivity index (χ3n) is 0.641. The van der Waals surface area contributed by atoms with E-state index in [4.69, 9.17) is 5.73 Å². The van der Waals surface area contributed by atoms with E-state index in [-0.39, 0.29) is 13.3 Å². The van der Waals surface area contributed by atoms with E-state index in [2.05, 4.69) is 13.8 Å². The Hall–Kier alpha value is -0.370. The molecule has 0 aromatic heterocycles. The molecule has 2 N–H and O–H groups in total. The molecule has 72 valence electrons. The highest BCUT2D eigenvalue weighted by Crippen LogP contribution is 1.72. The van der Waals surface area contributed by atoms with Crippen LogP contribution in [0.1, 0.15) is 49.4 Å². The summed E-state index contributed by atoms with van der Waals surface area (Å²) in [4.78, 5) is 10.0. The first-order valence-electron chi connectivity index (χ1n) is 4.32. The van der Waals surface area contributed by atoms with Crippen molar-refractivity contribution >= 4 is 5.78 Å². The molecule has 0 aromatic carbocycles. The van der Waals surface area contributed by atoms with Crippen LogP contribution in [0.25, 0.3) is 0 Å². The predicted molar refractivity (Wildman–Crippen MR) is 53.8 cm³/mol. The lowest BCUT2D eigenvalue weighted by Gasteiger charge is -1.91. The molecule has 0 aliphatic rings. The third kappa shape index (κ3) is 42.5. The second-order valence-corrected chi connectivity index (χ2v) is 2.11. The topological polar surface area (TPSA) is 43.1 Å². The van der Waals surface area contributed by atoms with E-state index in [0.29, 0.717) is 0 Å². The maximum absolute atomic E-state index is 10.0. The third-order valence-corrected chi connectivity index (χ3v) is 0.641. The van der Waals surface area contributed by atoms with Gasteiger partial charge in [0.1, 0.15) is 5.78 Å². The van der Waals surface area contributed by atoms with E-state index in [1.54, 1.807) is 6.92 Å². The van der Waals surface area contributed by atoms with Gasteiger partial charge in [-0.3, -0.25) is 4.79 Å². The van der Waals surface area contributed by atoms with Crippen LogP contribution in [0.5, 0.6) is 0 Å². The Morgan fingerprint density at radius 2 is 1.55 bits per heavy atom. The lowest BCUT2D eigenvalue weighted by Crippen LogP contribution is -2.23. The van der Waals surface area contributed by atoms with Crippen molar-refractivity contribution in [1.82, 2.24) is 0 Å². The molecule has 0 aliphatic carbocycles. The Kier molecular flexibility index (Phi) is 25.1. The van der Waals surface area contributed by atoms with Crippen molar-refractivity contribution in [1.29, 1.82) is 0 Å². The van der Waals surface area contributed by atoms with Crippen LogP contribution < -0.4 is 5.73 Å². The average molecular weight is 163 g/mol. The number of hydrogen-bond acceptors (Lipinski definition) is 2. The van der Waals surface area contributed by atoms with Gasteiger partial charge in [0, 0.05) is 1.43 Å². The van der Waals surface area contributed by atoms with Gasteiger partial charge in [0.25, 0.3) is 0 Å². The summed E-state index contributed by atoms with van der Waals surface area (Å²) in [5.74, 6) is 0.0370. The van der Waals surface area contributed by atoms with E-state index in [1.807, 2.05) is 13.8 Å². The molecule has 0 radical (unpaired) electrons. The first kappa shape index (κ1) is 16.9. The summed E-state index contributed by atoms with van der Waals surface area (Å²) < 4.78 is 0. The van der Waals surface area contributed by atoms with Gasteiger partial charge in [-0.2, -0.15) is 0 Å². The largest absolute Gasteiger partial charge is 0.322 e. The second kappa shape index (κ2) is 16.3. The number of Topliss-reactive ketones (excluding diaryl/α,β-unsaturated/α-hetero) is 1. The highest BCUT2D eigenvalue weighted by molar-refractivity contribution is 5.80. The minimum Gasteiger partial charge on any atom is -0.322 e. The summed E-state index contributed by atoms with van der Waals surface area (Å²) >= 11 is 0. The molecule has 0 aliphatic heterocycles. The molecule has 0 saturated heterocycles. The number of hydrogen-bond donors (Lipinski definition) is 1. The Morgan fingerprint density at radius 1 is 1.45 bits per heavy atom. The highest BCUT2D eigenvalue weighted by atomic mass is 16.1. The fourth-order valence-electron chi connectivity index (χ4n) is 0. The quantitative estimate of drug-likeness (QED) is 0.645. The molecule has 2 heteroatoms. The van der Waals surface area contributed by atoms with Crippen LogP contribution in [-0.4, -0.2) is 11.8 Å². The van der Waals surface area contributed by atoms with Gasteiger partial charge in [-0.1, -0.05) is 34.1 Å². The Morgan fingerprint density at radius 3 is 1.55 bits per heavy atom.